The van der Waals surface area contributed by atoms with Gasteiger partial charge in [0.05, 0.1) is 12.2 Å². The number of piperidine rings is 1. The SMILES string of the molecule is COC1(c2ccc(Br)nc2)CCN([C@H](C)CO)CC1. The van der Waals surface area contributed by atoms with E-state index in [9.17, 15) is 5.11 Å². The van der Waals surface area contributed by atoms with Crippen LogP contribution in [-0.4, -0.2) is 47.8 Å². The lowest BCUT2D eigenvalue weighted by atomic mass is 9.84. The van der Waals surface area contributed by atoms with Gasteiger partial charge in [0.1, 0.15) is 4.60 Å². The lowest BCUT2D eigenvalue weighted by Crippen LogP contribution is -2.48. The van der Waals surface area contributed by atoms with Gasteiger partial charge < -0.3 is 9.84 Å². The molecule has 0 amide bonds. The minimum absolute atomic E-state index is 0.208. The third kappa shape index (κ3) is 3.16. The largest absolute Gasteiger partial charge is 0.395 e. The maximum Gasteiger partial charge on any atom is 0.106 e. The van der Waals surface area contributed by atoms with Gasteiger partial charge >= 0.3 is 0 Å². The molecular formula is C14H21BrN2O2. The molecule has 1 aliphatic heterocycles. The molecular weight excluding hydrogens is 308 g/mol. The normalized spacial score (nSPS) is 21.3. The molecule has 1 aromatic heterocycles. The predicted octanol–water partition coefficient (Wildman–Crippen LogP) is 2.16. The fourth-order valence-electron chi connectivity index (χ4n) is 2.70. The Bertz CT molecular complexity index is 402. The maximum atomic E-state index is 9.23. The summed E-state index contributed by atoms with van der Waals surface area (Å²) in [4.78, 5) is 6.61. The molecule has 0 radical (unpaired) electrons. The summed E-state index contributed by atoms with van der Waals surface area (Å²) in [5, 5.41) is 9.23. The quantitative estimate of drug-likeness (QED) is 0.860. The highest BCUT2D eigenvalue weighted by Crippen LogP contribution is 2.36. The smallest absolute Gasteiger partial charge is 0.106 e. The van der Waals surface area contributed by atoms with Crippen LogP contribution in [-0.2, 0) is 10.3 Å². The Morgan fingerprint density at radius 3 is 2.63 bits per heavy atom. The molecule has 0 spiro atoms. The van der Waals surface area contributed by atoms with Crippen molar-refractivity contribution in [3.63, 3.8) is 0 Å². The van der Waals surface area contributed by atoms with Crippen molar-refractivity contribution in [2.45, 2.75) is 31.4 Å². The summed E-state index contributed by atoms with van der Waals surface area (Å²) in [5.41, 5.74) is 0.897. The van der Waals surface area contributed by atoms with Crippen molar-refractivity contribution in [1.82, 2.24) is 9.88 Å². The zero-order chi connectivity index (χ0) is 13.9. The van der Waals surface area contributed by atoms with Crippen molar-refractivity contribution in [2.75, 3.05) is 26.8 Å². The topological polar surface area (TPSA) is 45.6 Å². The molecule has 19 heavy (non-hydrogen) atoms. The van der Waals surface area contributed by atoms with E-state index in [1.807, 2.05) is 12.3 Å². The van der Waals surface area contributed by atoms with E-state index in [-0.39, 0.29) is 18.2 Å². The molecule has 1 aliphatic rings. The van der Waals surface area contributed by atoms with Gasteiger partial charge in [0, 0.05) is 38.0 Å². The predicted molar refractivity (Wildman–Crippen MR) is 78.0 cm³/mol. The van der Waals surface area contributed by atoms with E-state index in [1.165, 1.54) is 0 Å². The Morgan fingerprint density at radius 1 is 1.47 bits per heavy atom. The van der Waals surface area contributed by atoms with E-state index in [2.05, 4.69) is 38.8 Å². The second-order valence-electron chi connectivity index (χ2n) is 5.14. The van der Waals surface area contributed by atoms with Gasteiger partial charge in [-0.15, -0.1) is 0 Å². The Labute approximate surface area is 122 Å². The van der Waals surface area contributed by atoms with E-state index < -0.39 is 0 Å². The van der Waals surface area contributed by atoms with Crippen LogP contribution < -0.4 is 0 Å². The molecule has 0 unspecified atom stereocenters. The van der Waals surface area contributed by atoms with Gasteiger partial charge in [0.15, 0.2) is 0 Å². The first-order valence-electron chi connectivity index (χ1n) is 6.63. The van der Waals surface area contributed by atoms with Crippen LogP contribution in [0.1, 0.15) is 25.3 Å². The lowest BCUT2D eigenvalue weighted by molar-refractivity contribution is -0.0712. The van der Waals surface area contributed by atoms with Crippen LogP contribution in [0.25, 0.3) is 0 Å². The molecule has 106 valence electrons. The van der Waals surface area contributed by atoms with Gasteiger partial charge in [0.25, 0.3) is 0 Å². The number of hydrogen-bond donors (Lipinski definition) is 1. The highest BCUT2D eigenvalue weighted by Gasteiger charge is 2.37. The van der Waals surface area contributed by atoms with E-state index in [4.69, 9.17) is 4.74 Å². The Kier molecular flexibility index (Phi) is 4.95. The van der Waals surface area contributed by atoms with Crippen molar-refractivity contribution in [1.29, 1.82) is 0 Å². The molecule has 0 aliphatic carbocycles. The molecule has 0 bridgehead atoms. The molecule has 4 nitrogen and oxygen atoms in total. The summed E-state index contributed by atoms with van der Waals surface area (Å²) >= 11 is 3.36. The first kappa shape index (κ1) is 14.9. The summed E-state index contributed by atoms with van der Waals surface area (Å²) in [6.07, 6.45) is 3.74. The van der Waals surface area contributed by atoms with E-state index in [0.29, 0.717) is 0 Å². The molecule has 1 aromatic rings. The van der Waals surface area contributed by atoms with E-state index in [1.54, 1.807) is 7.11 Å². The Balaban J connectivity index is 2.11. The van der Waals surface area contributed by atoms with Crippen LogP contribution in [0.4, 0.5) is 0 Å². The summed E-state index contributed by atoms with van der Waals surface area (Å²) in [6.45, 7) is 4.14. The molecule has 1 atom stereocenters. The molecule has 1 saturated heterocycles. The van der Waals surface area contributed by atoms with Crippen molar-refractivity contribution in [3.8, 4) is 0 Å². The third-order valence-electron chi connectivity index (χ3n) is 4.14. The number of nitrogens with zero attached hydrogens (tertiary/aromatic N) is 2. The number of pyridine rings is 1. The molecule has 2 heterocycles. The molecule has 0 saturated carbocycles. The highest BCUT2D eigenvalue weighted by molar-refractivity contribution is 9.10. The Morgan fingerprint density at radius 2 is 2.16 bits per heavy atom. The van der Waals surface area contributed by atoms with Gasteiger partial charge in [-0.1, -0.05) is 6.07 Å². The molecule has 2 rings (SSSR count). The number of aromatic nitrogens is 1. The zero-order valence-electron chi connectivity index (χ0n) is 11.5. The number of rotatable bonds is 4. The number of halogens is 1. The fraction of sp³-hybridized carbons (Fsp3) is 0.643. The average molecular weight is 329 g/mol. The van der Waals surface area contributed by atoms with E-state index in [0.717, 1.165) is 36.1 Å². The number of methoxy groups -OCH3 is 1. The lowest BCUT2D eigenvalue weighted by Gasteiger charge is -2.42. The minimum Gasteiger partial charge on any atom is -0.395 e. The van der Waals surface area contributed by atoms with Crippen molar-refractivity contribution in [3.05, 3.63) is 28.5 Å². The maximum absolute atomic E-state index is 9.23. The van der Waals surface area contributed by atoms with Crippen LogP contribution in [0.2, 0.25) is 0 Å². The summed E-state index contributed by atoms with van der Waals surface area (Å²) in [5.74, 6) is 0. The van der Waals surface area contributed by atoms with Crippen LogP contribution in [0.15, 0.2) is 22.9 Å². The summed E-state index contributed by atoms with van der Waals surface area (Å²) in [6, 6.07) is 4.25. The average Bonchev–Trinajstić information content (AvgIpc) is 2.47. The van der Waals surface area contributed by atoms with Gasteiger partial charge in [-0.25, -0.2) is 4.98 Å². The van der Waals surface area contributed by atoms with Gasteiger partial charge in [-0.3, -0.25) is 4.90 Å². The van der Waals surface area contributed by atoms with Crippen molar-refractivity contribution in [2.24, 2.45) is 0 Å². The van der Waals surface area contributed by atoms with Crippen LogP contribution in [0, 0.1) is 0 Å². The van der Waals surface area contributed by atoms with Crippen molar-refractivity contribution >= 4 is 15.9 Å². The first-order valence-corrected chi connectivity index (χ1v) is 7.43. The monoisotopic (exact) mass is 328 g/mol. The van der Waals surface area contributed by atoms with Gasteiger partial charge in [-0.05, 0) is 41.8 Å². The van der Waals surface area contributed by atoms with Crippen LogP contribution in [0.5, 0.6) is 0 Å². The molecule has 1 N–H and O–H groups in total. The van der Waals surface area contributed by atoms with Gasteiger partial charge in [0.2, 0.25) is 0 Å². The molecule has 5 heteroatoms. The fourth-order valence-corrected chi connectivity index (χ4v) is 2.93. The van der Waals surface area contributed by atoms with Crippen LogP contribution >= 0.6 is 15.9 Å². The highest BCUT2D eigenvalue weighted by atomic mass is 79.9. The van der Waals surface area contributed by atoms with Crippen LogP contribution in [0.3, 0.4) is 0 Å². The third-order valence-corrected chi connectivity index (χ3v) is 4.61. The van der Waals surface area contributed by atoms with E-state index >= 15 is 0 Å². The molecule has 1 fully saturated rings. The number of likely N-dealkylation sites (tertiary alicyclic amines) is 1. The Hall–Kier alpha value is -0.490. The first-order chi connectivity index (χ1) is 9.11. The van der Waals surface area contributed by atoms with Gasteiger partial charge in [-0.2, -0.15) is 0 Å². The number of ether oxygens (including phenoxy) is 1. The zero-order valence-corrected chi connectivity index (χ0v) is 13.1. The number of aliphatic hydroxyl groups is 1. The summed E-state index contributed by atoms with van der Waals surface area (Å²) in [7, 11) is 1.77. The molecule has 0 aromatic carbocycles. The second kappa shape index (κ2) is 6.31. The van der Waals surface area contributed by atoms with Crippen molar-refractivity contribution < 1.29 is 9.84 Å². The summed E-state index contributed by atoms with van der Waals surface area (Å²) < 4.78 is 6.66. The second-order valence-corrected chi connectivity index (χ2v) is 5.95. The number of hydrogen-bond acceptors (Lipinski definition) is 4. The number of aliphatic hydroxyl groups excluding tert-OH is 1. The minimum atomic E-state index is -0.237. The standard InChI is InChI=1S/C14H21BrN2O2/c1-11(10-18)17-7-5-14(19-2,6-8-17)12-3-4-13(15)16-9-12/h3-4,9,11,18H,5-8,10H2,1-2H3/t11-/m1/s1.